The molecule has 2 N–H and O–H groups in total. The van der Waals surface area contributed by atoms with Crippen molar-refractivity contribution in [2.24, 2.45) is 0 Å². The first-order valence-corrected chi connectivity index (χ1v) is 3.99. The molecule has 2 saturated heterocycles. The Morgan fingerprint density at radius 2 is 2.20 bits per heavy atom. The molecule has 58 valence electrons. The summed E-state index contributed by atoms with van der Waals surface area (Å²) in [4.78, 5) is 2.35. The minimum absolute atomic E-state index is 0.0411. The fraction of sp³-hybridized carbons (Fsp3) is 1.00. The summed E-state index contributed by atoms with van der Waals surface area (Å²) in [5.41, 5.74) is 0. The van der Waals surface area contributed by atoms with Gasteiger partial charge in [-0.1, -0.05) is 0 Å². The maximum Gasteiger partial charge on any atom is 0.0794 e. The Balaban J connectivity index is 1.78. The van der Waals surface area contributed by atoms with Gasteiger partial charge in [-0.2, -0.15) is 0 Å². The number of aliphatic hydroxyl groups is 1. The van der Waals surface area contributed by atoms with Gasteiger partial charge in [-0.3, -0.25) is 4.90 Å². The lowest BCUT2D eigenvalue weighted by molar-refractivity contribution is -0.0198. The van der Waals surface area contributed by atoms with Crippen LogP contribution in [0.25, 0.3) is 0 Å². The Bertz CT molecular complexity index is 117. The Morgan fingerprint density at radius 1 is 1.40 bits per heavy atom. The van der Waals surface area contributed by atoms with Crippen molar-refractivity contribution in [1.82, 2.24) is 10.2 Å². The standard InChI is InChI=1S/C7H14N2O/c10-7-4-9(5-7)6-1-2-8-3-6/h6-8,10H,1-5H2. The van der Waals surface area contributed by atoms with E-state index in [9.17, 15) is 0 Å². The Labute approximate surface area is 61.0 Å². The quantitative estimate of drug-likeness (QED) is 0.494. The summed E-state index contributed by atoms with van der Waals surface area (Å²) in [6, 6.07) is 0.711. The molecule has 0 saturated carbocycles. The van der Waals surface area contributed by atoms with Gasteiger partial charge in [0.05, 0.1) is 6.10 Å². The first-order chi connectivity index (χ1) is 4.86. The molecular weight excluding hydrogens is 128 g/mol. The summed E-state index contributed by atoms with van der Waals surface area (Å²) in [7, 11) is 0. The summed E-state index contributed by atoms with van der Waals surface area (Å²) in [5, 5.41) is 12.3. The molecular formula is C7H14N2O. The van der Waals surface area contributed by atoms with Crippen LogP contribution in [0.1, 0.15) is 6.42 Å². The maximum atomic E-state index is 9.02. The van der Waals surface area contributed by atoms with E-state index in [0.29, 0.717) is 6.04 Å². The van der Waals surface area contributed by atoms with Gasteiger partial charge < -0.3 is 10.4 Å². The summed E-state index contributed by atoms with van der Waals surface area (Å²) in [6.45, 7) is 4.06. The van der Waals surface area contributed by atoms with Crippen LogP contribution in [0, 0.1) is 0 Å². The van der Waals surface area contributed by atoms with Crippen molar-refractivity contribution < 1.29 is 5.11 Å². The third kappa shape index (κ3) is 1.05. The Morgan fingerprint density at radius 3 is 2.70 bits per heavy atom. The second kappa shape index (κ2) is 2.49. The van der Waals surface area contributed by atoms with Crippen LogP contribution in [-0.4, -0.2) is 48.3 Å². The highest BCUT2D eigenvalue weighted by atomic mass is 16.3. The molecule has 0 bridgehead atoms. The maximum absolute atomic E-state index is 9.02. The van der Waals surface area contributed by atoms with Crippen molar-refractivity contribution in [3.63, 3.8) is 0 Å². The van der Waals surface area contributed by atoms with Crippen molar-refractivity contribution in [3.05, 3.63) is 0 Å². The lowest BCUT2D eigenvalue weighted by Gasteiger charge is -2.40. The van der Waals surface area contributed by atoms with Gasteiger partial charge in [-0.15, -0.1) is 0 Å². The lowest BCUT2D eigenvalue weighted by Crippen LogP contribution is -2.55. The second-order valence-corrected chi connectivity index (χ2v) is 3.25. The number of likely N-dealkylation sites (tertiary alicyclic amines) is 1. The van der Waals surface area contributed by atoms with E-state index in [1.54, 1.807) is 0 Å². The van der Waals surface area contributed by atoms with Gasteiger partial charge in [0.25, 0.3) is 0 Å². The minimum atomic E-state index is -0.0411. The molecule has 2 rings (SSSR count). The van der Waals surface area contributed by atoms with Crippen molar-refractivity contribution in [2.45, 2.75) is 18.6 Å². The first kappa shape index (κ1) is 6.58. The SMILES string of the molecule is OC1CN(C2CCNC2)C1. The van der Waals surface area contributed by atoms with E-state index in [1.165, 1.54) is 6.42 Å². The smallest absolute Gasteiger partial charge is 0.0794 e. The number of hydrogen-bond donors (Lipinski definition) is 2. The topological polar surface area (TPSA) is 35.5 Å². The normalized spacial score (nSPS) is 36.3. The van der Waals surface area contributed by atoms with E-state index in [1.807, 2.05) is 0 Å². The Hall–Kier alpha value is -0.120. The van der Waals surface area contributed by atoms with Gasteiger partial charge in [0, 0.05) is 25.7 Å². The van der Waals surface area contributed by atoms with E-state index >= 15 is 0 Å². The predicted molar refractivity (Wildman–Crippen MR) is 38.9 cm³/mol. The van der Waals surface area contributed by atoms with Gasteiger partial charge in [0.1, 0.15) is 0 Å². The van der Waals surface area contributed by atoms with Crippen LogP contribution < -0.4 is 5.32 Å². The van der Waals surface area contributed by atoms with Crippen molar-refractivity contribution in [3.8, 4) is 0 Å². The van der Waals surface area contributed by atoms with E-state index in [4.69, 9.17) is 5.11 Å². The van der Waals surface area contributed by atoms with Gasteiger partial charge in [0.2, 0.25) is 0 Å². The molecule has 0 amide bonds. The highest BCUT2D eigenvalue weighted by Gasteiger charge is 2.31. The molecule has 0 aromatic carbocycles. The average molecular weight is 142 g/mol. The molecule has 10 heavy (non-hydrogen) atoms. The average Bonchev–Trinajstić information content (AvgIpc) is 2.31. The number of rotatable bonds is 1. The predicted octanol–water partition coefficient (Wildman–Crippen LogP) is -0.975. The zero-order chi connectivity index (χ0) is 6.97. The van der Waals surface area contributed by atoms with Gasteiger partial charge in [-0.05, 0) is 13.0 Å². The summed E-state index contributed by atoms with van der Waals surface area (Å²) >= 11 is 0. The number of hydrogen-bond acceptors (Lipinski definition) is 3. The molecule has 2 fully saturated rings. The van der Waals surface area contributed by atoms with E-state index in [0.717, 1.165) is 26.2 Å². The van der Waals surface area contributed by atoms with Crippen molar-refractivity contribution >= 4 is 0 Å². The van der Waals surface area contributed by atoms with Crippen LogP contribution >= 0.6 is 0 Å². The first-order valence-electron chi connectivity index (χ1n) is 3.99. The van der Waals surface area contributed by atoms with Crippen LogP contribution in [-0.2, 0) is 0 Å². The molecule has 2 aliphatic rings. The highest BCUT2D eigenvalue weighted by molar-refractivity contribution is 4.89. The highest BCUT2D eigenvalue weighted by Crippen LogP contribution is 2.16. The van der Waals surface area contributed by atoms with E-state index in [2.05, 4.69) is 10.2 Å². The summed E-state index contributed by atoms with van der Waals surface area (Å²) in [6.07, 6.45) is 1.22. The number of nitrogens with zero attached hydrogens (tertiary/aromatic N) is 1. The van der Waals surface area contributed by atoms with Crippen molar-refractivity contribution in [2.75, 3.05) is 26.2 Å². The van der Waals surface area contributed by atoms with E-state index < -0.39 is 0 Å². The summed E-state index contributed by atoms with van der Waals surface area (Å²) in [5.74, 6) is 0. The minimum Gasteiger partial charge on any atom is -0.390 e. The van der Waals surface area contributed by atoms with Gasteiger partial charge in [-0.25, -0.2) is 0 Å². The molecule has 1 unspecified atom stereocenters. The molecule has 1 atom stereocenters. The van der Waals surface area contributed by atoms with Crippen LogP contribution in [0.2, 0.25) is 0 Å². The fourth-order valence-electron chi connectivity index (χ4n) is 1.74. The van der Waals surface area contributed by atoms with Crippen LogP contribution in [0.3, 0.4) is 0 Å². The summed E-state index contributed by atoms with van der Waals surface area (Å²) < 4.78 is 0. The molecule has 0 aliphatic carbocycles. The lowest BCUT2D eigenvalue weighted by atomic mass is 10.1. The fourth-order valence-corrected chi connectivity index (χ4v) is 1.74. The van der Waals surface area contributed by atoms with Crippen LogP contribution in [0.15, 0.2) is 0 Å². The molecule has 0 aromatic rings. The molecule has 3 heteroatoms. The number of nitrogens with one attached hydrogen (secondary N) is 1. The molecule has 0 spiro atoms. The molecule has 2 aliphatic heterocycles. The van der Waals surface area contributed by atoms with E-state index in [-0.39, 0.29) is 6.10 Å². The van der Waals surface area contributed by atoms with Gasteiger partial charge >= 0.3 is 0 Å². The molecule has 3 nitrogen and oxygen atoms in total. The monoisotopic (exact) mass is 142 g/mol. The zero-order valence-electron chi connectivity index (χ0n) is 6.08. The second-order valence-electron chi connectivity index (χ2n) is 3.25. The van der Waals surface area contributed by atoms with Crippen LogP contribution in [0.5, 0.6) is 0 Å². The number of β-amino-alcohol motifs (C(OH)–C–C–N with tert-alkyl or cyclic N) is 1. The zero-order valence-corrected chi connectivity index (χ0v) is 6.08. The largest absolute Gasteiger partial charge is 0.390 e. The molecule has 0 aromatic heterocycles. The molecule has 0 radical (unpaired) electrons. The van der Waals surface area contributed by atoms with Gasteiger partial charge in [0.15, 0.2) is 0 Å². The third-order valence-electron chi connectivity index (χ3n) is 2.44. The Kier molecular flexibility index (Phi) is 1.64. The van der Waals surface area contributed by atoms with Crippen LogP contribution in [0.4, 0.5) is 0 Å². The third-order valence-corrected chi connectivity index (χ3v) is 2.44. The molecule has 2 heterocycles. The van der Waals surface area contributed by atoms with Crippen molar-refractivity contribution in [1.29, 1.82) is 0 Å². The number of aliphatic hydroxyl groups excluding tert-OH is 1.